The molecule has 1 radical (unpaired) electrons. The van der Waals surface area contributed by atoms with Crippen LogP contribution in [0.15, 0.2) is 0 Å². The fraction of sp³-hybridized carbons (Fsp3) is 0.500. The average Bonchev–Trinajstić information content (AvgIpc) is 1.65. The van der Waals surface area contributed by atoms with Crippen molar-refractivity contribution in [2.75, 3.05) is 6.61 Å². The Bertz CT molecular complexity index is 111. The van der Waals surface area contributed by atoms with Gasteiger partial charge in [0.1, 0.15) is 6.61 Å². The Morgan fingerprint density at radius 2 is 2.00 bits per heavy atom. The Morgan fingerprint density at radius 3 is 2.11 bits per heavy atom. The summed E-state index contributed by atoms with van der Waals surface area (Å²) in [6.45, 7) is 0.340. The van der Waals surface area contributed by atoms with Gasteiger partial charge in [0.05, 0.1) is 0 Å². The van der Waals surface area contributed by atoms with Gasteiger partial charge in [-0.15, -0.1) is 0 Å². The molecule has 5 heteroatoms. The van der Waals surface area contributed by atoms with Crippen LogP contribution in [-0.2, 0) is 32.9 Å². The first-order valence-electron chi connectivity index (χ1n) is 1.99. The molecule has 0 unspecified atom stereocenters. The van der Waals surface area contributed by atoms with Crippen LogP contribution in [0.25, 0.3) is 0 Å². The Hall–Kier alpha value is -0.316. The quantitative estimate of drug-likeness (QED) is 0.406. The Labute approximate surface area is 64.1 Å². The summed E-state index contributed by atoms with van der Waals surface area (Å²) in [5.41, 5.74) is 0. The van der Waals surface area contributed by atoms with E-state index in [1.165, 1.54) is 0 Å². The Kier molecular flexibility index (Phi) is 7.41. The van der Waals surface area contributed by atoms with Gasteiger partial charge in [0, 0.05) is 25.5 Å². The number of aliphatic hydroxyl groups is 1. The van der Waals surface area contributed by atoms with E-state index in [4.69, 9.17) is 5.11 Å². The van der Waals surface area contributed by atoms with E-state index in [0.29, 0.717) is 0 Å². The van der Waals surface area contributed by atoms with E-state index >= 15 is 0 Å². The molecule has 0 aliphatic carbocycles. The molecule has 0 saturated heterocycles. The molecule has 0 aromatic heterocycles. The van der Waals surface area contributed by atoms with Crippen LogP contribution in [0.2, 0.25) is 0 Å². The van der Waals surface area contributed by atoms with Crippen molar-refractivity contribution in [3.8, 4) is 0 Å². The van der Waals surface area contributed by atoms with E-state index in [1.807, 2.05) is 0 Å². The molecule has 9 heavy (non-hydrogen) atoms. The van der Waals surface area contributed by atoms with E-state index in [-0.39, 0.29) is 18.6 Å². The van der Waals surface area contributed by atoms with Gasteiger partial charge >= 0.3 is 11.9 Å². The molecule has 0 aliphatic heterocycles. The van der Waals surface area contributed by atoms with E-state index < -0.39 is 18.5 Å². The van der Waals surface area contributed by atoms with Crippen LogP contribution >= 0.6 is 0 Å². The summed E-state index contributed by atoms with van der Waals surface area (Å²) in [4.78, 5) is 19.8. The Morgan fingerprint density at radius 1 is 1.56 bits per heavy atom. The molecule has 4 nitrogen and oxygen atoms in total. The zero-order valence-corrected chi connectivity index (χ0v) is 6.22. The fourth-order valence-corrected chi connectivity index (χ4v) is 0.193. The van der Waals surface area contributed by atoms with Gasteiger partial charge in [-0.2, -0.15) is 0 Å². The second kappa shape index (κ2) is 5.81. The van der Waals surface area contributed by atoms with Crippen molar-refractivity contribution >= 4 is 11.9 Å². The third-order valence-electron chi connectivity index (χ3n) is 0.387. The second-order valence-corrected chi connectivity index (χ2v) is 1.12. The van der Waals surface area contributed by atoms with Crippen LogP contribution in [0.3, 0.4) is 0 Å². The van der Waals surface area contributed by atoms with E-state index in [2.05, 4.69) is 4.74 Å². The van der Waals surface area contributed by atoms with E-state index in [9.17, 15) is 9.59 Å². The molecule has 0 spiro atoms. The van der Waals surface area contributed by atoms with Gasteiger partial charge in [0.25, 0.3) is 0 Å². The minimum absolute atomic E-state index is 0. The second-order valence-electron chi connectivity index (χ2n) is 1.12. The van der Waals surface area contributed by atoms with E-state index in [1.54, 1.807) is 0 Å². The predicted molar refractivity (Wildman–Crippen MR) is 23.9 cm³/mol. The molecule has 0 aromatic carbocycles. The van der Waals surface area contributed by atoms with E-state index in [0.717, 1.165) is 6.92 Å². The minimum Gasteiger partial charge on any atom is -0.392 e. The van der Waals surface area contributed by atoms with Gasteiger partial charge in [-0.1, -0.05) is 0 Å². The summed E-state index contributed by atoms with van der Waals surface area (Å²) in [6.07, 6.45) is 0. The number of rotatable bonds is 1. The fourth-order valence-electron chi connectivity index (χ4n) is 0.193. The average molecular weight is 169 g/mol. The zero-order chi connectivity index (χ0) is 6.57. The number of ether oxygens (including phenoxy) is 1. The predicted octanol–water partition coefficient (Wildman–Crippen LogP) is -0.934. The molecule has 0 heterocycles. The largest absolute Gasteiger partial charge is 0.392 e. The molecule has 0 fully saturated rings. The molecule has 51 valence electrons. The van der Waals surface area contributed by atoms with Crippen LogP contribution < -0.4 is 0 Å². The maximum absolute atomic E-state index is 9.93. The number of aliphatic hydroxyl groups excluding tert-OH is 1. The summed E-state index contributed by atoms with van der Waals surface area (Å²) < 4.78 is 3.87. The number of esters is 2. The van der Waals surface area contributed by atoms with Crippen LogP contribution in [0.1, 0.15) is 6.92 Å². The normalized spacial score (nSPS) is 7.33. The van der Waals surface area contributed by atoms with Gasteiger partial charge in [-0.25, -0.2) is 4.79 Å². The molecule has 0 aliphatic rings. The van der Waals surface area contributed by atoms with Gasteiger partial charge in [-0.05, 0) is 0 Å². The molecule has 0 rings (SSSR count). The molecular formula is C4H6O4V. The summed E-state index contributed by atoms with van der Waals surface area (Å²) in [7, 11) is 0. The van der Waals surface area contributed by atoms with Crippen molar-refractivity contribution in [2.45, 2.75) is 6.92 Å². The molecular weight excluding hydrogens is 163 g/mol. The topological polar surface area (TPSA) is 63.6 Å². The summed E-state index contributed by atoms with van der Waals surface area (Å²) in [6, 6.07) is 0. The van der Waals surface area contributed by atoms with Crippen LogP contribution in [-0.4, -0.2) is 23.7 Å². The van der Waals surface area contributed by atoms with Gasteiger partial charge in [0.2, 0.25) is 0 Å². The molecule has 0 saturated carbocycles. The molecule has 0 aromatic rings. The third kappa shape index (κ3) is 7.68. The van der Waals surface area contributed by atoms with Crippen molar-refractivity contribution in [3.63, 3.8) is 0 Å². The van der Waals surface area contributed by atoms with Crippen LogP contribution in [0.4, 0.5) is 0 Å². The summed E-state index contributed by atoms with van der Waals surface area (Å²) in [5.74, 6) is -1.62. The van der Waals surface area contributed by atoms with Crippen molar-refractivity contribution in [1.82, 2.24) is 0 Å². The molecule has 0 atom stereocenters. The number of carbonyl (C=O) groups is 2. The first-order chi connectivity index (χ1) is 3.66. The number of hydrogen-bond acceptors (Lipinski definition) is 4. The van der Waals surface area contributed by atoms with Crippen molar-refractivity contribution in [3.05, 3.63) is 0 Å². The van der Waals surface area contributed by atoms with Crippen LogP contribution in [0, 0.1) is 0 Å². The van der Waals surface area contributed by atoms with Crippen molar-refractivity contribution in [1.29, 1.82) is 0 Å². The zero-order valence-electron chi connectivity index (χ0n) is 4.83. The Balaban J connectivity index is 0. The minimum atomic E-state index is -0.919. The SMILES string of the molecule is CC(=O)OC(=O)CO.[V]. The molecule has 0 amide bonds. The summed E-state index contributed by atoms with van der Waals surface area (Å²) >= 11 is 0. The van der Waals surface area contributed by atoms with Gasteiger partial charge in [0.15, 0.2) is 0 Å². The molecule has 1 N–H and O–H groups in total. The van der Waals surface area contributed by atoms with Crippen LogP contribution in [0.5, 0.6) is 0 Å². The first kappa shape index (κ1) is 11.5. The maximum Gasteiger partial charge on any atom is 0.339 e. The smallest absolute Gasteiger partial charge is 0.339 e. The number of carbonyl (C=O) groups excluding carboxylic acids is 2. The molecule has 0 bridgehead atoms. The number of hydrogen-bond donors (Lipinski definition) is 1. The first-order valence-corrected chi connectivity index (χ1v) is 1.99. The standard InChI is InChI=1S/C4H6O4.V/c1-3(6)8-4(7)2-5;/h5H,2H2,1H3;. The van der Waals surface area contributed by atoms with Crippen molar-refractivity contribution < 1.29 is 38.0 Å². The summed E-state index contributed by atoms with van der Waals surface area (Å²) in [5, 5.41) is 7.96. The maximum atomic E-state index is 9.93. The monoisotopic (exact) mass is 169 g/mol. The third-order valence-corrected chi connectivity index (χ3v) is 0.387. The van der Waals surface area contributed by atoms with Gasteiger partial charge < -0.3 is 9.84 Å². The van der Waals surface area contributed by atoms with Gasteiger partial charge in [-0.3, -0.25) is 4.79 Å². The van der Waals surface area contributed by atoms with Crippen molar-refractivity contribution in [2.24, 2.45) is 0 Å².